The topological polar surface area (TPSA) is 73.4 Å². The van der Waals surface area contributed by atoms with E-state index in [1.807, 2.05) is 6.07 Å². The predicted octanol–water partition coefficient (Wildman–Crippen LogP) is 4.24. The molecule has 132 valence electrons. The number of hydrogen-bond acceptors (Lipinski definition) is 6. The molecule has 3 aromatic rings. The standard InChI is InChI=1S/C18H14F2N4OS/c1-22-16(6-7-21)14-8-12(11-2-4-13(19)5-3-11)9-15-17(14)23-10-24-18(15)25-26-20/h2-10H,21H2,1H3/b7-6-,22-16?. The molecule has 1 heterocycles. The lowest BCUT2D eigenvalue weighted by atomic mass is 9.97. The lowest BCUT2D eigenvalue weighted by Gasteiger charge is -2.11. The van der Waals surface area contributed by atoms with E-state index in [1.165, 1.54) is 24.7 Å². The molecule has 0 aliphatic rings. The summed E-state index contributed by atoms with van der Waals surface area (Å²) >= 11 is -0.301. The van der Waals surface area contributed by atoms with Gasteiger partial charge in [0.05, 0.1) is 16.6 Å². The van der Waals surface area contributed by atoms with Gasteiger partial charge in [-0.15, -0.1) is 3.89 Å². The van der Waals surface area contributed by atoms with Crippen LogP contribution in [0.3, 0.4) is 0 Å². The molecule has 0 saturated heterocycles. The zero-order valence-corrected chi connectivity index (χ0v) is 14.5. The number of nitrogens with zero attached hydrogens (tertiary/aromatic N) is 3. The summed E-state index contributed by atoms with van der Waals surface area (Å²) in [4.78, 5) is 12.5. The molecule has 0 unspecified atom stereocenters. The van der Waals surface area contributed by atoms with Gasteiger partial charge in [0.1, 0.15) is 12.1 Å². The van der Waals surface area contributed by atoms with Crippen LogP contribution in [0.15, 0.2) is 60.0 Å². The number of nitrogens with two attached hydrogens (primary N) is 1. The van der Waals surface area contributed by atoms with Crippen LogP contribution in [-0.4, -0.2) is 22.7 Å². The summed E-state index contributed by atoms with van der Waals surface area (Å²) < 4.78 is 30.8. The van der Waals surface area contributed by atoms with Gasteiger partial charge >= 0.3 is 0 Å². The Kier molecular flexibility index (Phi) is 5.43. The van der Waals surface area contributed by atoms with E-state index < -0.39 is 0 Å². The average Bonchev–Trinajstić information content (AvgIpc) is 2.66. The summed E-state index contributed by atoms with van der Waals surface area (Å²) in [5.74, 6) is -0.252. The normalized spacial score (nSPS) is 12.0. The van der Waals surface area contributed by atoms with Gasteiger partial charge in [0.2, 0.25) is 5.88 Å². The molecule has 0 bridgehead atoms. The maximum atomic E-state index is 13.3. The number of allylic oxidation sites excluding steroid dienone is 1. The van der Waals surface area contributed by atoms with Gasteiger partial charge in [-0.2, -0.15) is 0 Å². The summed E-state index contributed by atoms with van der Waals surface area (Å²) in [6, 6.07) is 9.65. The molecule has 0 atom stereocenters. The molecule has 0 spiro atoms. The Morgan fingerprint density at radius 3 is 2.62 bits per heavy atom. The van der Waals surface area contributed by atoms with E-state index in [1.54, 1.807) is 31.3 Å². The zero-order valence-electron chi connectivity index (χ0n) is 13.7. The molecule has 2 N–H and O–H groups in total. The molecule has 8 heteroatoms. The molecule has 0 aliphatic heterocycles. The molecular weight excluding hydrogens is 358 g/mol. The number of aliphatic imine (C=N–C) groups is 1. The number of hydrogen-bond donors (Lipinski definition) is 1. The second-order valence-electron chi connectivity index (χ2n) is 5.22. The summed E-state index contributed by atoms with van der Waals surface area (Å²) in [7, 11) is 1.63. The minimum Gasteiger partial charge on any atom is -0.405 e. The van der Waals surface area contributed by atoms with Crippen molar-refractivity contribution in [3.8, 4) is 17.0 Å². The lowest BCUT2D eigenvalue weighted by Crippen LogP contribution is -2.02. The van der Waals surface area contributed by atoms with Crippen LogP contribution in [0.5, 0.6) is 5.88 Å². The first-order valence-corrected chi connectivity index (χ1v) is 8.17. The van der Waals surface area contributed by atoms with Crippen LogP contribution < -0.4 is 9.92 Å². The van der Waals surface area contributed by atoms with Crippen LogP contribution >= 0.6 is 12.4 Å². The van der Waals surface area contributed by atoms with E-state index >= 15 is 0 Å². The molecule has 2 aromatic carbocycles. The Morgan fingerprint density at radius 2 is 1.96 bits per heavy atom. The van der Waals surface area contributed by atoms with Crippen LogP contribution in [0.25, 0.3) is 22.0 Å². The Hall–Kier alpha value is -3.00. The largest absolute Gasteiger partial charge is 0.405 e. The van der Waals surface area contributed by atoms with Gasteiger partial charge in [-0.25, -0.2) is 14.4 Å². The van der Waals surface area contributed by atoms with Crippen molar-refractivity contribution < 1.29 is 12.5 Å². The highest BCUT2D eigenvalue weighted by atomic mass is 32.2. The van der Waals surface area contributed by atoms with E-state index in [0.29, 0.717) is 22.2 Å². The van der Waals surface area contributed by atoms with Crippen LogP contribution in [0.1, 0.15) is 5.56 Å². The minimum atomic E-state index is -0.335. The van der Waals surface area contributed by atoms with Gasteiger partial charge in [0.25, 0.3) is 12.4 Å². The maximum absolute atomic E-state index is 13.3. The van der Waals surface area contributed by atoms with E-state index in [9.17, 15) is 8.28 Å². The third kappa shape index (κ3) is 3.50. The lowest BCUT2D eigenvalue weighted by molar-refractivity contribution is 0.592. The SMILES string of the molecule is CN=C(/C=C\N)c1cc(-c2ccc(F)cc2)cc2c(OSF)ncnc12. The molecule has 0 saturated carbocycles. The summed E-state index contributed by atoms with van der Waals surface area (Å²) in [5, 5.41) is 0.501. The first-order valence-electron chi connectivity index (χ1n) is 7.53. The van der Waals surface area contributed by atoms with Crippen molar-refractivity contribution in [1.29, 1.82) is 0 Å². The van der Waals surface area contributed by atoms with Crippen LogP contribution in [0.2, 0.25) is 0 Å². The van der Waals surface area contributed by atoms with Gasteiger partial charge in [-0.3, -0.25) is 4.99 Å². The monoisotopic (exact) mass is 372 g/mol. The zero-order chi connectivity index (χ0) is 18.5. The third-order valence-electron chi connectivity index (χ3n) is 3.76. The van der Waals surface area contributed by atoms with E-state index in [2.05, 4.69) is 15.0 Å². The molecular formula is C18H14F2N4OS. The van der Waals surface area contributed by atoms with Gasteiger partial charge in [-0.1, -0.05) is 12.1 Å². The van der Waals surface area contributed by atoms with Gasteiger partial charge in [-0.05, 0) is 47.7 Å². The average molecular weight is 372 g/mol. The minimum absolute atomic E-state index is 0.0832. The second-order valence-corrected chi connectivity index (χ2v) is 5.51. The van der Waals surface area contributed by atoms with Crippen molar-refractivity contribution in [2.24, 2.45) is 10.7 Å². The number of aromatic nitrogens is 2. The fourth-order valence-electron chi connectivity index (χ4n) is 2.62. The summed E-state index contributed by atoms with van der Waals surface area (Å²) in [5.41, 5.74) is 8.82. The highest BCUT2D eigenvalue weighted by molar-refractivity contribution is 7.89. The van der Waals surface area contributed by atoms with Crippen LogP contribution in [0, 0.1) is 5.82 Å². The fourth-order valence-corrected chi connectivity index (χ4v) is 2.81. The van der Waals surface area contributed by atoms with Crippen LogP contribution in [-0.2, 0) is 0 Å². The Balaban J connectivity index is 2.33. The first kappa shape index (κ1) is 17.8. The van der Waals surface area contributed by atoms with Crippen molar-refractivity contribution in [3.05, 3.63) is 66.4 Å². The number of benzene rings is 2. The van der Waals surface area contributed by atoms with Crippen LogP contribution in [0.4, 0.5) is 8.28 Å². The number of rotatable bonds is 5. The van der Waals surface area contributed by atoms with E-state index in [4.69, 9.17) is 9.92 Å². The molecule has 1 aromatic heterocycles. The Morgan fingerprint density at radius 1 is 1.19 bits per heavy atom. The van der Waals surface area contributed by atoms with E-state index in [0.717, 1.165) is 11.1 Å². The number of halogens is 2. The third-order valence-corrected chi connectivity index (χ3v) is 3.98. The fraction of sp³-hybridized carbons (Fsp3) is 0.0556. The van der Waals surface area contributed by atoms with Crippen molar-refractivity contribution in [1.82, 2.24) is 9.97 Å². The molecule has 26 heavy (non-hydrogen) atoms. The first-order chi connectivity index (χ1) is 12.7. The highest BCUT2D eigenvalue weighted by Crippen LogP contribution is 2.32. The van der Waals surface area contributed by atoms with Crippen molar-refractivity contribution >= 4 is 29.0 Å². The molecule has 0 aliphatic carbocycles. The van der Waals surface area contributed by atoms with Crippen molar-refractivity contribution in [3.63, 3.8) is 0 Å². The molecule has 0 fully saturated rings. The smallest absolute Gasteiger partial charge is 0.273 e. The van der Waals surface area contributed by atoms with Gasteiger partial charge in [0.15, 0.2) is 0 Å². The predicted molar refractivity (Wildman–Crippen MR) is 100 cm³/mol. The second kappa shape index (κ2) is 7.92. The highest BCUT2D eigenvalue weighted by Gasteiger charge is 2.15. The quantitative estimate of drug-likeness (QED) is 0.536. The van der Waals surface area contributed by atoms with Gasteiger partial charge < -0.3 is 9.92 Å². The van der Waals surface area contributed by atoms with Gasteiger partial charge in [0, 0.05) is 12.6 Å². The summed E-state index contributed by atoms with van der Waals surface area (Å²) in [6.45, 7) is 0. The Bertz CT molecular complexity index is 990. The van der Waals surface area contributed by atoms with E-state index in [-0.39, 0.29) is 24.1 Å². The Labute approximate surface area is 153 Å². The summed E-state index contributed by atoms with van der Waals surface area (Å²) in [6.07, 6.45) is 4.29. The molecule has 5 nitrogen and oxygen atoms in total. The maximum Gasteiger partial charge on any atom is 0.273 e. The number of fused-ring (bicyclic) bond motifs is 1. The van der Waals surface area contributed by atoms with Crippen molar-refractivity contribution in [2.75, 3.05) is 7.05 Å². The van der Waals surface area contributed by atoms with Crippen molar-refractivity contribution in [2.45, 2.75) is 0 Å². The molecule has 0 amide bonds. The molecule has 3 rings (SSSR count). The molecule has 0 radical (unpaired) electrons.